The van der Waals surface area contributed by atoms with Gasteiger partial charge in [-0.3, -0.25) is 9.59 Å². The van der Waals surface area contributed by atoms with Gasteiger partial charge in [0, 0.05) is 17.2 Å². The molecule has 1 aliphatic rings. The van der Waals surface area contributed by atoms with Crippen LogP contribution in [0.15, 0.2) is 30.6 Å². The smallest absolute Gasteiger partial charge is 0.327 e. The summed E-state index contributed by atoms with van der Waals surface area (Å²) in [7, 11) is 0. The van der Waals surface area contributed by atoms with E-state index in [1.54, 1.807) is 19.1 Å². The number of nitrogen functional groups attached to an aromatic ring is 1. The number of nitrogens with zero attached hydrogens (tertiary/aromatic N) is 4. The van der Waals surface area contributed by atoms with E-state index in [4.69, 9.17) is 10.5 Å². The summed E-state index contributed by atoms with van der Waals surface area (Å²) in [5.41, 5.74) is 8.45. The van der Waals surface area contributed by atoms with Crippen LogP contribution in [-0.2, 0) is 16.1 Å². The predicted octanol–water partition coefficient (Wildman–Crippen LogP) is 2.70. The molecule has 0 bridgehead atoms. The highest BCUT2D eigenvalue weighted by molar-refractivity contribution is 5.99. The van der Waals surface area contributed by atoms with Crippen LogP contribution < -0.4 is 11.1 Å². The number of hydrogen-bond acceptors (Lipinski definition) is 7. The number of anilines is 1. The summed E-state index contributed by atoms with van der Waals surface area (Å²) >= 11 is 0. The number of benzene rings is 1. The summed E-state index contributed by atoms with van der Waals surface area (Å²) in [6, 6.07) is 7.42. The van der Waals surface area contributed by atoms with Gasteiger partial charge in [0.05, 0.1) is 12.0 Å². The molecule has 3 aromatic rings. The molecule has 0 unspecified atom stereocenters. The Balaban J connectivity index is 1.61. The number of rotatable bonds is 6. The molecule has 162 valence electrons. The lowest BCUT2D eigenvalue weighted by atomic mass is 9.95. The van der Waals surface area contributed by atoms with Crippen molar-refractivity contribution in [1.29, 1.82) is 0 Å². The van der Waals surface area contributed by atoms with E-state index in [1.165, 1.54) is 17.4 Å². The predicted molar refractivity (Wildman–Crippen MR) is 116 cm³/mol. The van der Waals surface area contributed by atoms with Crippen LogP contribution in [0, 0.1) is 0 Å². The van der Waals surface area contributed by atoms with Crippen molar-refractivity contribution >= 4 is 28.7 Å². The van der Waals surface area contributed by atoms with Crippen molar-refractivity contribution in [2.75, 3.05) is 12.3 Å². The van der Waals surface area contributed by atoms with Gasteiger partial charge in [-0.2, -0.15) is 5.10 Å². The molecule has 1 aliphatic carbocycles. The fourth-order valence-corrected chi connectivity index (χ4v) is 3.97. The van der Waals surface area contributed by atoms with Crippen LogP contribution in [0.5, 0.6) is 0 Å². The van der Waals surface area contributed by atoms with Crippen molar-refractivity contribution in [3.05, 3.63) is 36.2 Å². The van der Waals surface area contributed by atoms with Gasteiger partial charge >= 0.3 is 5.97 Å². The van der Waals surface area contributed by atoms with E-state index in [0.717, 1.165) is 31.2 Å². The molecule has 9 heteroatoms. The Morgan fingerprint density at radius 3 is 2.61 bits per heavy atom. The molecule has 2 heterocycles. The molecule has 1 aromatic carbocycles. The molecule has 31 heavy (non-hydrogen) atoms. The van der Waals surface area contributed by atoms with Crippen LogP contribution in [-0.4, -0.2) is 44.3 Å². The van der Waals surface area contributed by atoms with Gasteiger partial charge in [-0.15, -0.1) is 0 Å². The first-order valence-corrected chi connectivity index (χ1v) is 10.6. The molecule has 9 nitrogen and oxygen atoms in total. The van der Waals surface area contributed by atoms with Gasteiger partial charge in [-0.25, -0.2) is 14.6 Å². The highest BCUT2D eigenvalue weighted by Gasteiger charge is 2.20. The van der Waals surface area contributed by atoms with Crippen molar-refractivity contribution in [2.45, 2.75) is 51.6 Å². The summed E-state index contributed by atoms with van der Waals surface area (Å²) in [6.07, 6.45) is 6.97. The van der Waals surface area contributed by atoms with Gasteiger partial charge in [-0.05, 0) is 31.9 Å². The highest BCUT2D eigenvalue weighted by Crippen LogP contribution is 2.30. The summed E-state index contributed by atoms with van der Waals surface area (Å²) in [5, 5.41) is 8.23. The zero-order valence-corrected chi connectivity index (χ0v) is 17.5. The van der Waals surface area contributed by atoms with Crippen molar-refractivity contribution in [1.82, 2.24) is 25.1 Å². The maximum absolute atomic E-state index is 12.6. The van der Waals surface area contributed by atoms with E-state index in [-0.39, 0.29) is 30.9 Å². The summed E-state index contributed by atoms with van der Waals surface area (Å²) < 4.78 is 6.49. The van der Waals surface area contributed by atoms with Crippen LogP contribution in [0.2, 0.25) is 0 Å². The lowest BCUT2D eigenvalue weighted by molar-refractivity contribution is -0.143. The minimum Gasteiger partial charge on any atom is -0.465 e. The van der Waals surface area contributed by atoms with Crippen molar-refractivity contribution in [3.8, 4) is 11.3 Å². The Kier molecular flexibility index (Phi) is 6.11. The van der Waals surface area contributed by atoms with E-state index >= 15 is 0 Å². The fourth-order valence-electron chi connectivity index (χ4n) is 3.97. The highest BCUT2D eigenvalue weighted by atomic mass is 16.5. The monoisotopic (exact) mass is 422 g/mol. The van der Waals surface area contributed by atoms with E-state index in [0.29, 0.717) is 22.3 Å². The van der Waals surface area contributed by atoms with Crippen LogP contribution in [0.3, 0.4) is 0 Å². The Hall–Kier alpha value is -3.49. The third-order valence-electron chi connectivity index (χ3n) is 5.50. The second kappa shape index (κ2) is 9.11. The van der Waals surface area contributed by atoms with Gasteiger partial charge < -0.3 is 15.8 Å². The lowest BCUT2D eigenvalue weighted by Gasteiger charge is -2.22. The number of ether oxygens (including phenoxy) is 1. The molecule has 0 spiro atoms. The first kappa shape index (κ1) is 20.8. The largest absolute Gasteiger partial charge is 0.465 e. The van der Waals surface area contributed by atoms with E-state index in [2.05, 4.69) is 20.4 Å². The van der Waals surface area contributed by atoms with Crippen LogP contribution in [0.25, 0.3) is 22.3 Å². The minimum absolute atomic E-state index is 0.0704. The Labute approximate surface area is 180 Å². The second-order valence-electron chi connectivity index (χ2n) is 7.65. The number of nitrogens with one attached hydrogen (secondary N) is 1. The third-order valence-corrected chi connectivity index (χ3v) is 5.50. The van der Waals surface area contributed by atoms with Gasteiger partial charge in [-0.1, -0.05) is 31.4 Å². The topological polar surface area (TPSA) is 125 Å². The molecule has 1 fully saturated rings. The molecule has 1 amide bonds. The van der Waals surface area contributed by atoms with E-state index in [1.807, 2.05) is 12.1 Å². The van der Waals surface area contributed by atoms with Crippen LogP contribution in [0.1, 0.15) is 49.4 Å². The number of hydrogen-bond donors (Lipinski definition) is 2. The Bertz CT molecular complexity index is 1090. The lowest BCUT2D eigenvalue weighted by Crippen LogP contribution is -2.36. The number of aromatic nitrogens is 4. The number of amides is 1. The summed E-state index contributed by atoms with van der Waals surface area (Å²) in [5.74, 6) is -0.210. The molecular weight excluding hydrogens is 396 g/mol. The van der Waals surface area contributed by atoms with Crippen molar-refractivity contribution < 1.29 is 14.3 Å². The molecule has 0 radical (unpaired) electrons. The molecule has 0 saturated heterocycles. The average Bonchev–Trinajstić information content (AvgIpc) is 3.14. The maximum Gasteiger partial charge on any atom is 0.327 e. The van der Waals surface area contributed by atoms with Gasteiger partial charge in [0.15, 0.2) is 5.65 Å². The zero-order chi connectivity index (χ0) is 21.8. The standard InChI is InChI=1S/C22H26N6O3/c1-2-31-17(29)12-28-21-18(20(23)24-13-25-21)19(27-28)14-8-10-15(11-9-14)22(30)26-16-6-4-3-5-7-16/h8-11,13,16H,2-7,12H2,1H3,(H,26,30)(H2,23,24,25). The first-order valence-electron chi connectivity index (χ1n) is 10.6. The van der Waals surface area contributed by atoms with Crippen molar-refractivity contribution in [2.24, 2.45) is 0 Å². The fraction of sp³-hybridized carbons (Fsp3) is 0.409. The first-order chi connectivity index (χ1) is 15.1. The van der Waals surface area contributed by atoms with Gasteiger partial charge in [0.25, 0.3) is 5.91 Å². The minimum atomic E-state index is -0.412. The quantitative estimate of drug-likeness (QED) is 0.585. The SMILES string of the molecule is CCOC(=O)Cn1nc(-c2ccc(C(=O)NC3CCCCC3)cc2)c2c(N)ncnc21. The Morgan fingerprint density at radius 1 is 1.16 bits per heavy atom. The van der Waals surface area contributed by atoms with Crippen LogP contribution >= 0.6 is 0 Å². The molecule has 0 aliphatic heterocycles. The number of carbonyl (C=O) groups excluding carboxylic acids is 2. The average molecular weight is 422 g/mol. The molecule has 3 N–H and O–H groups in total. The number of esters is 1. The van der Waals surface area contributed by atoms with E-state index < -0.39 is 5.97 Å². The van der Waals surface area contributed by atoms with Crippen LogP contribution in [0.4, 0.5) is 5.82 Å². The molecule has 2 aromatic heterocycles. The second-order valence-corrected chi connectivity index (χ2v) is 7.65. The summed E-state index contributed by atoms with van der Waals surface area (Å²) in [4.78, 5) is 32.9. The molecule has 4 rings (SSSR count). The molecule has 1 saturated carbocycles. The molecular formula is C22H26N6O3. The number of carbonyl (C=O) groups is 2. The zero-order valence-electron chi connectivity index (χ0n) is 17.5. The normalized spacial score (nSPS) is 14.5. The third kappa shape index (κ3) is 4.50. The van der Waals surface area contributed by atoms with Crippen molar-refractivity contribution in [3.63, 3.8) is 0 Å². The number of nitrogens with two attached hydrogens (primary N) is 1. The molecule has 0 atom stereocenters. The maximum atomic E-state index is 12.6. The summed E-state index contributed by atoms with van der Waals surface area (Å²) in [6.45, 7) is 1.95. The number of fused-ring (bicyclic) bond motifs is 1. The van der Waals surface area contributed by atoms with Gasteiger partial charge in [0.2, 0.25) is 0 Å². The van der Waals surface area contributed by atoms with Gasteiger partial charge in [0.1, 0.15) is 24.4 Å². The Morgan fingerprint density at radius 2 is 1.90 bits per heavy atom. The van der Waals surface area contributed by atoms with E-state index in [9.17, 15) is 9.59 Å².